The summed E-state index contributed by atoms with van der Waals surface area (Å²) in [6, 6.07) is 5.29. The van der Waals surface area contributed by atoms with E-state index in [-0.39, 0.29) is 35.5 Å². The summed E-state index contributed by atoms with van der Waals surface area (Å²) in [6.07, 6.45) is 7.25. The number of rotatable bonds is 9. The summed E-state index contributed by atoms with van der Waals surface area (Å²) in [5, 5.41) is 3.56. The van der Waals surface area contributed by atoms with Crippen LogP contribution in [0.2, 0.25) is 0 Å². The third-order valence-corrected chi connectivity index (χ3v) is 9.29. The van der Waals surface area contributed by atoms with E-state index in [1.165, 1.54) is 18.1 Å². The predicted octanol–water partition coefficient (Wildman–Crippen LogP) is 6.01. The van der Waals surface area contributed by atoms with Gasteiger partial charge in [-0.15, -0.1) is 0 Å². The zero-order valence-electron chi connectivity index (χ0n) is 26.6. The first-order valence-corrected chi connectivity index (χ1v) is 16.3. The number of halogens is 1. The van der Waals surface area contributed by atoms with Gasteiger partial charge in [0.25, 0.3) is 5.91 Å². The van der Waals surface area contributed by atoms with Gasteiger partial charge >= 0.3 is 12.1 Å². The standard InChI is InChI=1S/C34H44FN3O8/c1-20(2)45-34(42)44-19-43-33(41)29-17-24-16-25(12-13-28(24)46-29)37-31(39)30-26(21-6-4-3-5-7-21)14-15-38(30)32(40)23-10-8-22(9-11-23)27(36)18-35/h12-13,16-17,20,22-23,27,30H,3-11,14-15,18-19,36H2,1-2H3,(H,37,39)/t22?,23?,27?,30-/m0/s1. The summed E-state index contributed by atoms with van der Waals surface area (Å²) in [6.45, 7) is 2.62. The van der Waals surface area contributed by atoms with Crippen LogP contribution in [0.15, 0.2) is 39.8 Å². The van der Waals surface area contributed by atoms with Gasteiger partial charge in [0, 0.05) is 29.6 Å². The molecule has 5 rings (SSSR count). The average molecular weight is 642 g/mol. The molecule has 3 aliphatic rings. The number of nitrogens with one attached hydrogen (secondary N) is 1. The average Bonchev–Trinajstić information content (AvgIpc) is 3.69. The van der Waals surface area contributed by atoms with Crippen molar-refractivity contribution in [1.82, 2.24) is 4.90 Å². The number of fused-ring (bicyclic) bond motifs is 1. The lowest BCUT2D eigenvalue weighted by molar-refractivity contribution is -0.140. The van der Waals surface area contributed by atoms with E-state index in [1.54, 1.807) is 36.9 Å². The molecule has 250 valence electrons. The molecule has 11 nitrogen and oxygen atoms in total. The molecule has 0 radical (unpaired) electrons. The van der Waals surface area contributed by atoms with Gasteiger partial charge in [0.15, 0.2) is 0 Å². The van der Waals surface area contributed by atoms with Crippen molar-refractivity contribution in [2.75, 3.05) is 25.3 Å². The Labute approximate surface area is 267 Å². The number of nitrogens with zero attached hydrogens (tertiary/aromatic N) is 1. The molecule has 1 aliphatic heterocycles. The summed E-state index contributed by atoms with van der Waals surface area (Å²) in [4.78, 5) is 53.6. The maximum absolute atomic E-state index is 14.0. The van der Waals surface area contributed by atoms with Gasteiger partial charge in [-0.3, -0.25) is 9.59 Å². The molecule has 2 aromatic rings. The topological polar surface area (TPSA) is 150 Å². The molecule has 1 unspecified atom stereocenters. The number of carbonyl (C=O) groups is 4. The molecule has 0 bridgehead atoms. The zero-order chi connectivity index (χ0) is 32.8. The van der Waals surface area contributed by atoms with Gasteiger partial charge in [-0.05, 0) is 107 Å². The maximum Gasteiger partial charge on any atom is 0.511 e. The first kappa shape index (κ1) is 33.4. The molecule has 2 saturated carbocycles. The number of ether oxygens (including phenoxy) is 3. The molecule has 3 fully saturated rings. The fourth-order valence-electron chi connectivity index (χ4n) is 6.92. The highest BCUT2D eigenvalue weighted by Gasteiger charge is 2.42. The Bertz CT molecular complexity index is 1450. The van der Waals surface area contributed by atoms with Gasteiger partial charge in [0.1, 0.15) is 18.3 Å². The number of carbonyl (C=O) groups excluding carboxylic acids is 4. The number of hydrogen-bond donors (Lipinski definition) is 2. The van der Waals surface area contributed by atoms with Crippen LogP contribution in [0.3, 0.4) is 0 Å². The lowest BCUT2D eigenvalue weighted by Crippen LogP contribution is -2.47. The van der Waals surface area contributed by atoms with Crippen LogP contribution in [0.1, 0.15) is 88.6 Å². The van der Waals surface area contributed by atoms with Gasteiger partial charge in [0.2, 0.25) is 18.5 Å². The number of allylic oxidation sites excluding steroid dienone is 1. The van der Waals surface area contributed by atoms with Crippen LogP contribution in [0.25, 0.3) is 11.0 Å². The van der Waals surface area contributed by atoms with Crippen LogP contribution < -0.4 is 11.1 Å². The number of esters is 1. The molecular weight excluding hydrogens is 597 g/mol. The second-order valence-electron chi connectivity index (χ2n) is 12.8. The van der Waals surface area contributed by atoms with Crippen molar-refractivity contribution in [3.63, 3.8) is 0 Å². The van der Waals surface area contributed by atoms with E-state index in [1.807, 2.05) is 0 Å². The van der Waals surface area contributed by atoms with E-state index < -0.39 is 37.7 Å². The fraction of sp³-hybridized carbons (Fsp3) is 0.588. The third-order valence-electron chi connectivity index (χ3n) is 9.29. The third kappa shape index (κ3) is 7.89. The minimum Gasteiger partial charge on any atom is -0.449 e. The van der Waals surface area contributed by atoms with E-state index in [9.17, 15) is 23.6 Å². The number of nitrogens with two attached hydrogens (primary N) is 1. The molecule has 2 aliphatic carbocycles. The molecule has 1 saturated heterocycles. The van der Waals surface area contributed by atoms with Gasteiger partial charge in [-0.25, -0.2) is 14.0 Å². The first-order valence-electron chi connectivity index (χ1n) is 16.3. The minimum atomic E-state index is -0.955. The Morgan fingerprint density at radius 1 is 1.02 bits per heavy atom. The van der Waals surface area contributed by atoms with Crippen molar-refractivity contribution in [2.24, 2.45) is 17.6 Å². The summed E-state index contributed by atoms with van der Waals surface area (Å²) in [7, 11) is 0. The number of alkyl halides is 1. The molecule has 2 atom stereocenters. The van der Waals surface area contributed by atoms with Crippen molar-refractivity contribution in [3.05, 3.63) is 41.2 Å². The monoisotopic (exact) mass is 641 g/mol. The summed E-state index contributed by atoms with van der Waals surface area (Å²) < 4.78 is 33.3. The molecule has 1 aromatic heterocycles. The Hall–Kier alpha value is -3.93. The number of amides is 2. The SMILES string of the molecule is CC(C)OC(=O)OCOC(=O)c1cc2cc(NC(=O)[C@@H]3C(=C4CCCCC4)CCN3C(=O)C3CCC(C(N)CF)CC3)ccc2o1. The Kier molecular flexibility index (Phi) is 11.0. The predicted molar refractivity (Wildman–Crippen MR) is 167 cm³/mol. The molecule has 46 heavy (non-hydrogen) atoms. The number of furan rings is 1. The van der Waals surface area contributed by atoms with Crippen molar-refractivity contribution in [1.29, 1.82) is 0 Å². The zero-order valence-corrected chi connectivity index (χ0v) is 26.6. The molecule has 3 N–H and O–H groups in total. The molecule has 2 amide bonds. The molecule has 2 heterocycles. The molecule has 1 aromatic carbocycles. The molecular formula is C34H44FN3O8. The van der Waals surface area contributed by atoms with Gasteiger partial charge in [-0.2, -0.15) is 0 Å². The fourth-order valence-corrected chi connectivity index (χ4v) is 6.92. The first-order chi connectivity index (χ1) is 22.1. The largest absolute Gasteiger partial charge is 0.511 e. The number of benzene rings is 1. The van der Waals surface area contributed by atoms with Crippen molar-refractivity contribution >= 4 is 40.6 Å². The van der Waals surface area contributed by atoms with Gasteiger partial charge < -0.3 is 34.6 Å². The quantitative estimate of drug-likeness (QED) is 0.191. The van der Waals surface area contributed by atoms with E-state index in [2.05, 4.69) is 5.32 Å². The summed E-state index contributed by atoms with van der Waals surface area (Å²) >= 11 is 0. The Balaban J connectivity index is 1.28. The minimum absolute atomic E-state index is 0.0197. The number of anilines is 1. The van der Waals surface area contributed by atoms with Crippen molar-refractivity contribution < 1.29 is 42.2 Å². The highest BCUT2D eigenvalue weighted by atomic mass is 19.1. The molecule has 0 spiro atoms. The number of hydrogen-bond acceptors (Lipinski definition) is 9. The van der Waals surface area contributed by atoms with Crippen LogP contribution in [-0.2, 0) is 23.8 Å². The lowest BCUT2D eigenvalue weighted by atomic mass is 9.78. The van der Waals surface area contributed by atoms with Crippen LogP contribution in [0, 0.1) is 11.8 Å². The van der Waals surface area contributed by atoms with E-state index >= 15 is 0 Å². The van der Waals surface area contributed by atoms with Crippen LogP contribution in [0.5, 0.6) is 0 Å². The normalized spacial score (nSPS) is 22.5. The summed E-state index contributed by atoms with van der Waals surface area (Å²) in [5.41, 5.74) is 9.17. The Morgan fingerprint density at radius 2 is 1.76 bits per heavy atom. The second-order valence-corrected chi connectivity index (χ2v) is 12.8. The van der Waals surface area contributed by atoms with Crippen LogP contribution >= 0.6 is 0 Å². The van der Waals surface area contributed by atoms with Gasteiger partial charge in [-0.1, -0.05) is 12.0 Å². The van der Waals surface area contributed by atoms with Crippen LogP contribution in [-0.4, -0.2) is 67.0 Å². The maximum atomic E-state index is 14.0. The van der Waals surface area contributed by atoms with E-state index in [4.69, 9.17) is 24.4 Å². The van der Waals surface area contributed by atoms with E-state index in [0.717, 1.165) is 31.3 Å². The van der Waals surface area contributed by atoms with Gasteiger partial charge in [0.05, 0.1) is 6.10 Å². The van der Waals surface area contributed by atoms with Crippen LogP contribution in [0.4, 0.5) is 14.9 Å². The van der Waals surface area contributed by atoms with Crippen molar-refractivity contribution in [2.45, 2.75) is 96.2 Å². The smallest absolute Gasteiger partial charge is 0.449 e. The Morgan fingerprint density at radius 3 is 2.46 bits per heavy atom. The second kappa shape index (κ2) is 15.1. The highest BCUT2D eigenvalue weighted by molar-refractivity contribution is 6.02. The number of likely N-dealkylation sites (tertiary alicyclic amines) is 1. The van der Waals surface area contributed by atoms with Crippen molar-refractivity contribution in [3.8, 4) is 0 Å². The van der Waals surface area contributed by atoms with E-state index in [0.29, 0.717) is 55.3 Å². The summed E-state index contributed by atoms with van der Waals surface area (Å²) in [5.74, 6) is -1.36. The molecule has 12 heteroatoms. The lowest BCUT2D eigenvalue weighted by Gasteiger charge is -2.34. The highest BCUT2D eigenvalue weighted by Crippen LogP contribution is 2.38.